The molecule has 7 nitrogen and oxygen atoms in total. The first-order chi connectivity index (χ1) is 13.3. The first kappa shape index (κ1) is 22.4. The van der Waals surface area contributed by atoms with Crippen molar-refractivity contribution in [3.63, 3.8) is 0 Å². The lowest BCUT2D eigenvalue weighted by Gasteiger charge is -2.31. The van der Waals surface area contributed by atoms with Crippen molar-refractivity contribution in [1.29, 1.82) is 0 Å². The van der Waals surface area contributed by atoms with Crippen molar-refractivity contribution in [3.05, 3.63) is 29.8 Å². The van der Waals surface area contributed by atoms with Crippen LogP contribution < -0.4 is 5.32 Å². The third-order valence-electron chi connectivity index (χ3n) is 5.01. The number of benzene rings is 1. The predicted octanol–water partition coefficient (Wildman–Crippen LogP) is 2.45. The lowest BCUT2D eigenvalue weighted by molar-refractivity contribution is -0.129. The van der Waals surface area contributed by atoms with Gasteiger partial charge in [-0.15, -0.1) is 0 Å². The molecule has 2 amide bonds. The molecular weight excluding hydrogens is 378 g/mol. The summed E-state index contributed by atoms with van der Waals surface area (Å²) in [4.78, 5) is 26.0. The molecule has 28 heavy (non-hydrogen) atoms. The molecule has 2 rings (SSSR count). The Balaban J connectivity index is 2.02. The van der Waals surface area contributed by atoms with Crippen molar-refractivity contribution in [2.24, 2.45) is 5.92 Å². The molecular formula is C20H31N3O4S. The van der Waals surface area contributed by atoms with Crippen LogP contribution in [0.15, 0.2) is 24.3 Å². The van der Waals surface area contributed by atoms with Gasteiger partial charge in [0.05, 0.1) is 11.7 Å². The molecule has 0 aromatic heterocycles. The van der Waals surface area contributed by atoms with Crippen LogP contribution in [-0.4, -0.2) is 54.8 Å². The molecule has 1 fully saturated rings. The summed E-state index contributed by atoms with van der Waals surface area (Å²) in [5, 5.41) is 2.91. The minimum absolute atomic E-state index is 0.00697. The lowest BCUT2D eigenvalue weighted by Crippen LogP contribution is -2.44. The van der Waals surface area contributed by atoms with Crippen molar-refractivity contribution >= 4 is 27.5 Å². The predicted molar refractivity (Wildman–Crippen MR) is 110 cm³/mol. The maximum atomic E-state index is 12.7. The van der Waals surface area contributed by atoms with Gasteiger partial charge in [-0.05, 0) is 43.9 Å². The van der Waals surface area contributed by atoms with Gasteiger partial charge in [0, 0.05) is 38.8 Å². The first-order valence-corrected chi connectivity index (χ1v) is 11.5. The smallest absolute Gasteiger partial charge is 0.228 e. The Kier molecular flexibility index (Phi) is 8.00. The summed E-state index contributed by atoms with van der Waals surface area (Å²) in [6, 6.07) is 7.43. The zero-order valence-corrected chi connectivity index (χ0v) is 17.8. The summed E-state index contributed by atoms with van der Waals surface area (Å²) in [5.41, 5.74) is 1.60. The second-order valence-corrected chi connectivity index (χ2v) is 9.32. The average molecular weight is 410 g/mol. The van der Waals surface area contributed by atoms with Crippen molar-refractivity contribution in [3.8, 4) is 0 Å². The number of rotatable bonds is 8. The number of carbonyl (C=O) groups is 2. The minimum atomic E-state index is -3.29. The van der Waals surface area contributed by atoms with E-state index >= 15 is 0 Å². The molecule has 1 aliphatic rings. The SMILES string of the molecule is CCCS(=O)(=O)N1CCC[C@@H](C(=O)Nc2cccc(CN(CC)C(C)=O)c2)C1. The Bertz CT molecular complexity index is 794. The number of anilines is 1. The average Bonchev–Trinajstić information content (AvgIpc) is 2.66. The van der Waals surface area contributed by atoms with Gasteiger partial charge in [-0.3, -0.25) is 9.59 Å². The van der Waals surface area contributed by atoms with Crippen LogP contribution in [-0.2, 0) is 26.2 Å². The van der Waals surface area contributed by atoms with Gasteiger partial charge < -0.3 is 10.2 Å². The Labute approximate surface area is 168 Å². The van der Waals surface area contributed by atoms with Crippen LogP contribution in [0.25, 0.3) is 0 Å². The van der Waals surface area contributed by atoms with Gasteiger partial charge in [0.15, 0.2) is 0 Å². The number of piperidine rings is 1. The molecule has 1 heterocycles. The fourth-order valence-electron chi connectivity index (χ4n) is 3.45. The molecule has 1 atom stereocenters. The number of nitrogens with one attached hydrogen (secondary N) is 1. The second kappa shape index (κ2) is 10.0. The van der Waals surface area contributed by atoms with Crippen molar-refractivity contribution in [2.75, 3.05) is 30.7 Å². The zero-order chi connectivity index (χ0) is 20.7. The Morgan fingerprint density at radius 1 is 1.29 bits per heavy atom. The van der Waals surface area contributed by atoms with E-state index in [4.69, 9.17) is 0 Å². The number of hydrogen-bond acceptors (Lipinski definition) is 4. The summed E-state index contributed by atoms with van der Waals surface area (Å²) in [5.74, 6) is -0.388. The van der Waals surface area contributed by atoms with E-state index in [2.05, 4.69) is 5.32 Å². The molecule has 1 saturated heterocycles. The van der Waals surface area contributed by atoms with Gasteiger partial charge in [-0.1, -0.05) is 19.1 Å². The molecule has 0 saturated carbocycles. The minimum Gasteiger partial charge on any atom is -0.339 e. The van der Waals surface area contributed by atoms with Crippen molar-refractivity contribution in [1.82, 2.24) is 9.21 Å². The molecule has 0 bridgehead atoms. The van der Waals surface area contributed by atoms with Crippen LogP contribution in [0.1, 0.15) is 45.6 Å². The van der Waals surface area contributed by atoms with Gasteiger partial charge in [0.25, 0.3) is 0 Å². The van der Waals surface area contributed by atoms with E-state index in [1.165, 1.54) is 11.2 Å². The third kappa shape index (κ3) is 6.04. The number of carbonyl (C=O) groups excluding carboxylic acids is 2. The molecule has 0 unspecified atom stereocenters. The van der Waals surface area contributed by atoms with E-state index in [0.717, 1.165) is 5.56 Å². The number of amides is 2. The third-order valence-corrected chi connectivity index (χ3v) is 7.05. The van der Waals surface area contributed by atoms with Gasteiger partial charge in [0.2, 0.25) is 21.8 Å². The lowest BCUT2D eigenvalue weighted by atomic mass is 9.98. The molecule has 0 spiro atoms. The fraction of sp³-hybridized carbons (Fsp3) is 0.600. The highest BCUT2D eigenvalue weighted by Gasteiger charge is 2.31. The first-order valence-electron chi connectivity index (χ1n) is 9.90. The summed E-state index contributed by atoms with van der Waals surface area (Å²) in [6.07, 6.45) is 1.93. The molecule has 1 aliphatic heterocycles. The molecule has 1 aromatic carbocycles. The monoisotopic (exact) mass is 409 g/mol. The van der Waals surface area contributed by atoms with Crippen LogP contribution in [0, 0.1) is 5.92 Å². The molecule has 156 valence electrons. The number of hydrogen-bond donors (Lipinski definition) is 1. The summed E-state index contributed by atoms with van der Waals surface area (Å²) in [6.45, 7) is 7.13. The van der Waals surface area contributed by atoms with Crippen LogP contribution in [0.5, 0.6) is 0 Å². The van der Waals surface area contributed by atoms with Crippen LogP contribution in [0.3, 0.4) is 0 Å². The van der Waals surface area contributed by atoms with Gasteiger partial charge in [0.1, 0.15) is 0 Å². The molecule has 1 N–H and O–H groups in total. The van der Waals surface area contributed by atoms with E-state index in [1.54, 1.807) is 11.0 Å². The molecule has 8 heteroatoms. The summed E-state index contributed by atoms with van der Waals surface area (Å²) < 4.78 is 26.1. The zero-order valence-electron chi connectivity index (χ0n) is 17.0. The van der Waals surface area contributed by atoms with E-state index in [0.29, 0.717) is 44.6 Å². The van der Waals surface area contributed by atoms with Crippen molar-refractivity contribution in [2.45, 2.75) is 46.6 Å². The van der Waals surface area contributed by atoms with Crippen LogP contribution in [0.4, 0.5) is 5.69 Å². The van der Waals surface area contributed by atoms with E-state index in [1.807, 2.05) is 32.0 Å². The summed E-state index contributed by atoms with van der Waals surface area (Å²) >= 11 is 0. The highest BCUT2D eigenvalue weighted by molar-refractivity contribution is 7.89. The highest BCUT2D eigenvalue weighted by atomic mass is 32.2. The number of sulfonamides is 1. The second-order valence-electron chi connectivity index (χ2n) is 7.24. The highest BCUT2D eigenvalue weighted by Crippen LogP contribution is 2.22. The standard InChI is InChI=1S/C20H31N3O4S/c1-4-12-28(26,27)23-11-7-9-18(15-23)20(25)21-19-10-6-8-17(13-19)14-22(5-2)16(3)24/h6,8,10,13,18H,4-5,7,9,11-12,14-15H2,1-3H3,(H,21,25)/t18-/m1/s1. The maximum absolute atomic E-state index is 12.7. The fourth-order valence-corrected chi connectivity index (χ4v) is 5.04. The molecule has 0 radical (unpaired) electrons. The van der Waals surface area contributed by atoms with Gasteiger partial charge >= 0.3 is 0 Å². The Morgan fingerprint density at radius 2 is 2.04 bits per heavy atom. The topological polar surface area (TPSA) is 86.8 Å². The molecule has 1 aromatic rings. The van der Waals surface area contributed by atoms with E-state index < -0.39 is 10.0 Å². The number of nitrogens with zero attached hydrogens (tertiary/aromatic N) is 2. The normalized spacial score (nSPS) is 17.9. The van der Waals surface area contributed by atoms with Gasteiger partial charge in [-0.2, -0.15) is 0 Å². The Morgan fingerprint density at radius 3 is 2.68 bits per heavy atom. The largest absolute Gasteiger partial charge is 0.339 e. The van der Waals surface area contributed by atoms with Gasteiger partial charge in [-0.25, -0.2) is 12.7 Å². The Hall–Kier alpha value is -1.93. The maximum Gasteiger partial charge on any atom is 0.228 e. The van der Waals surface area contributed by atoms with Crippen molar-refractivity contribution < 1.29 is 18.0 Å². The summed E-state index contributed by atoms with van der Waals surface area (Å²) in [7, 11) is -3.29. The quantitative estimate of drug-likeness (QED) is 0.714. The van der Waals surface area contributed by atoms with E-state index in [9.17, 15) is 18.0 Å². The van der Waals surface area contributed by atoms with E-state index in [-0.39, 0.29) is 30.0 Å². The molecule has 0 aliphatic carbocycles. The van der Waals surface area contributed by atoms with Crippen LogP contribution >= 0.6 is 0 Å². The van der Waals surface area contributed by atoms with Crippen LogP contribution in [0.2, 0.25) is 0 Å².